The van der Waals surface area contributed by atoms with Gasteiger partial charge in [-0.05, 0) is 24.3 Å². The second-order valence-electron chi connectivity index (χ2n) is 3.28. The van der Waals surface area contributed by atoms with E-state index in [0.717, 1.165) is 10.6 Å². The lowest BCUT2D eigenvalue weighted by molar-refractivity contribution is 0.778. The first-order valence-corrected chi connectivity index (χ1v) is 6.47. The minimum Gasteiger partial charge on any atom is -0.192 e. The van der Waals surface area contributed by atoms with E-state index >= 15 is 0 Å². The van der Waals surface area contributed by atoms with Crippen LogP contribution in [0.5, 0.6) is 0 Å². The van der Waals surface area contributed by atoms with Crippen LogP contribution in [0, 0.1) is 11.3 Å². The first-order valence-electron chi connectivity index (χ1n) is 5.11. The van der Waals surface area contributed by atoms with Gasteiger partial charge in [0.05, 0.1) is 10.6 Å². The molecule has 1 aromatic carbocycles. The molecule has 0 bridgehead atoms. The Morgan fingerprint density at radius 1 is 1.40 bits per heavy atom. The average molecular weight is 240 g/mol. The van der Waals surface area contributed by atoms with E-state index in [2.05, 4.69) is 13.0 Å². The van der Waals surface area contributed by atoms with Gasteiger partial charge in [0.2, 0.25) is 0 Å². The molecule has 0 aromatic heterocycles. The number of rotatable bonds is 5. The van der Waals surface area contributed by atoms with Gasteiger partial charge in [-0.3, -0.25) is 0 Å². The highest BCUT2D eigenvalue weighted by Gasteiger charge is 2.05. The van der Waals surface area contributed by atoms with Gasteiger partial charge >= 0.3 is 0 Å². The molecule has 1 rings (SSSR count). The summed E-state index contributed by atoms with van der Waals surface area (Å²) in [5, 5.41) is 9.51. The molecular weight excluding hydrogens is 226 g/mol. The Balaban J connectivity index is 2.61. The number of hydrogen-bond donors (Lipinski definition) is 0. The minimum atomic E-state index is 0.554. The third kappa shape index (κ3) is 3.77. The second kappa shape index (κ2) is 6.76. The maximum absolute atomic E-state index is 8.95. The van der Waals surface area contributed by atoms with Gasteiger partial charge in [-0.25, -0.2) is 0 Å². The Bertz CT molecular complexity index is 357. The molecule has 1 nitrogen and oxygen atoms in total. The van der Waals surface area contributed by atoms with Crippen molar-refractivity contribution in [2.24, 2.45) is 0 Å². The van der Waals surface area contributed by atoms with E-state index in [9.17, 15) is 0 Å². The van der Waals surface area contributed by atoms with Crippen molar-refractivity contribution >= 4 is 23.4 Å². The summed E-state index contributed by atoms with van der Waals surface area (Å²) in [6, 6.07) is 7.77. The zero-order valence-electron chi connectivity index (χ0n) is 8.79. The molecule has 0 atom stereocenters. The molecule has 0 saturated carbocycles. The van der Waals surface area contributed by atoms with Crippen molar-refractivity contribution in [1.82, 2.24) is 0 Å². The fourth-order valence-corrected chi connectivity index (χ4v) is 2.58. The molecule has 0 heterocycles. The summed E-state index contributed by atoms with van der Waals surface area (Å²) in [6.45, 7) is 2.19. The molecule has 0 radical (unpaired) electrons. The molecule has 0 spiro atoms. The molecule has 0 fully saturated rings. The SMILES string of the molecule is CCCCCSc1cccc(Cl)c1C#N. The van der Waals surface area contributed by atoms with Crippen LogP contribution in [-0.2, 0) is 0 Å². The first kappa shape index (κ1) is 12.4. The van der Waals surface area contributed by atoms with Gasteiger partial charge in [0, 0.05) is 4.90 Å². The summed E-state index contributed by atoms with van der Waals surface area (Å²) in [5.74, 6) is 1.06. The predicted octanol–water partition coefficient (Wildman–Crippen LogP) is 4.49. The quantitative estimate of drug-likeness (QED) is 0.558. The lowest BCUT2D eigenvalue weighted by Crippen LogP contribution is -1.85. The summed E-state index contributed by atoms with van der Waals surface area (Å²) >= 11 is 7.65. The topological polar surface area (TPSA) is 23.8 Å². The second-order valence-corrected chi connectivity index (χ2v) is 4.82. The number of unbranched alkanes of at least 4 members (excludes halogenated alkanes) is 2. The fraction of sp³-hybridized carbons (Fsp3) is 0.417. The normalized spacial score (nSPS) is 9.93. The van der Waals surface area contributed by atoms with Crippen LogP contribution >= 0.6 is 23.4 Å². The monoisotopic (exact) mass is 239 g/mol. The predicted molar refractivity (Wildman–Crippen MR) is 66.4 cm³/mol. The van der Waals surface area contributed by atoms with Gasteiger partial charge in [-0.15, -0.1) is 11.8 Å². The van der Waals surface area contributed by atoms with E-state index in [1.54, 1.807) is 17.8 Å². The van der Waals surface area contributed by atoms with Crippen LogP contribution in [0.4, 0.5) is 0 Å². The van der Waals surface area contributed by atoms with Crippen LogP contribution in [0.3, 0.4) is 0 Å². The highest BCUT2D eigenvalue weighted by molar-refractivity contribution is 7.99. The maximum Gasteiger partial charge on any atom is 0.102 e. The Hall–Kier alpha value is -0.650. The Kier molecular flexibility index (Phi) is 5.60. The van der Waals surface area contributed by atoms with E-state index < -0.39 is 0 Å². The van der Waals surface area contributed by atoms with Crippen molar-refractivity contribution in [3.63, 3.8) is 0 Å². The lowest BCUT2D eigenvalue weighted by Gasteiger charge is -2.04. The van der Waals surface area contributed by atoms with E-state index in [4.69, 9.17) is 16.9 Å². The van der Waals surface area contributed by atoms with Gasteiger partial charge in [-0.1, -0.05) is 37.4 Å². The number of benzene rings is 1. The molecule has 0 saturated heterocycles. The summed E-state index contributed by atoms with van der Waals surface area (Å²) in [6.07, 6.45) is 3.66. The number of halogens is 1. The molecule has 0 unspecified atom stereocenters. The average Bonchev–Trinajstić information content (AvgIpc) is 2.24. The van der Waals surface area contributed by atoms with E-state index in [0.29, 0.717) is 10.6 Å². The molecular formula is C12H14ClNS. The van der Waals surface area contributed by atoms with Crippen LogP contribution in [0.1, 0.15) is 31.7 Å². The lowest BCUT2D eigenvalue weighted by atomic mass is 10.2. The van der Waals surface area contributed by atoms with Gasteiger partial charge in [0.15, 0.2) is 0 Å². The Labute approximate surface area is 100 Å². The van der Waals surface area contributed by atoms with Crippen molar-refractivity contribution in [3.05, 3.63) is 28.8 Å². The standard InChI is InChI=1S/C12H14ClNS/c1-2-3-4-8-15-12-7-5-6-11(13)10(12)9-14/h5-7H,2-4,8H2,1H3. The molecule has 0 aliphatic heterocycles. The van der Waals surface area contributed by atoms with Crippen LogP contribution in [0.15, 0.2) is 23.1 Å². The van der Waals surface area contributed by atoms with Gasteiger partial charge in [0.25, 0.3) is 0 Å². The van der Waals surface area contributed by atoms with Crippen LogP contribution in [-0.4, -0.2) is 5.75 Å². The first-order chi connectivity index (χ1) is 7.29. The number of hydrogen-bond acceptors (Lipinski definition) is 2. The molecule has 0 aliphatic rings. The molecule has 0 aliphatic carbocycles. The minimum absolute atomic E-state index is 0.554. The Morgan fingerprint density at radius 3 is 2.87 bits per heavy atom. The van der Waals surface area contributed by atoms with Crippen molar-refractivity contribution in [2.45, 2.75) is 31.1 Å². The number of nitrogens with zero attached hydrogens (tertiary/aromatic N) is 1. The highest BCUT2D eigenvalue weighted by atomic mass is 35.5. The fourth-order valence-electron chi connectivity index (χ4n) is 1.27. The maximum atomic E-state index is 8.95. The van der Waals surface area contributed by atoms with Crippen LogP contribution in [0.2, 0.25) is 5.02 Å². The summed E-state index contributed by atoms with van der Waals surface area (Å²) < 4.78 is 0. The van der Waals surface area contributed by atoms with Gasteiger partial charge < -0.3 is 0 Å². The van der Waals surface area contributed by atoms with Crippen molar-refractivity contribution < 1.29 is 0 Å². The zero-order valence-corrected chi connectivity index (χ0v) is 10.4. The molecule has 0 amide bonds. The van der Waals surface area contributed by atoms with E-state index in [-0.39, 0.29) is 0 Å². The summed E-state index contributed by atoms with van der Waals surface area (Å²) in [4.78, 5) is 1.00. The molecule has 15 heavy (non-hydrogen) atoms. The third-order valence-corrected chi connectivity index (χ3v) is 3.55. The van der Waals surface area contributed by atoms with Crippen molar-refractivity contribution in [3.8, 4) is 6.07 Å². The van der Waals surface area contributed by atoms with E-state index in [1.165, 1.54) is 19.3 Å². The van der Waals surface area contributed by atoms with Gasteiger partial charge in [-0.2, -0.15) is 5.26 Å². The largest absolute Gasteiger partial charge is 0.192 e. The summed E-state index contributed by atoms with van der Waals surface area (Å²) in [7, 11) is 0. The van der Waals surface area contributed by atoms with Gasteiger partial charge in [0.1, 0.15) is 6.07 Å². The van der Waals surface area contributed by atoms with Crippen LogP contribution in [0.25, 0.3) is 0 Å². The molecule has 0 N–H and O–H groups in total. The van der Waals surface area contributed by atoms with E-state index in [1.807, 2.05) is 12.1 Å². The Morgan fingerprint density at radius 2 is 2.20 bits per heavy atom. The molecule has 1 aromatic rings. The zero-order chi connectivity index (χ0) is 11.1. The highest BCUT2D eigenvalue weighted by Crippen LogP contribution is 2.28. The third-order valence-electron chi connectivity index (χ3n) is 2.09. The smallest absolute Gasteiger partial charge is 0.102 e. The summed E-state index contributed by atoms with van der Waals surface area (Å²) in [5.41, 5.74) is 0.612. The number of nitriles is 1. The molecule has 3 heteroatoms. The van der Waals surface area contributed by atoms with Crippen molar-refractivity contribution in [2.75, 3.05) is 5.75 Å². The molecule has 80 valence electrons. The van der Waals surface area contributed by atoms with Crippen molar-refractivity contribution in [1.29, 1.82) is 5.26 Å². The van der Waals surface area contributed by atoms with Crippen LogP contribution < -0.4 is 0 Å². The number of thioether (sulfide) groups is 1.